The molecule has 0 N–H and O–H groups in total. The lowest BCUT2D eigenvalue weighted by Gasteiger charge is -2.29. The highest BCUT2D eigenvalue weighted by Gasteiger charge is 2.28. The molecule has 1 saturated heterocycles. The molecule has 0 radical (unpaired) electrons. The third-order valence-electron chi connectivity index (χ3n) is 5.14. The molecule has 10 nitrogen and oxygen atoms in total. The Labute approximate surface area is 175 Å². The van der Waals surface area contributed by atoms with Gasteiger partial charge in [0, 0.05) is 25.3 Å². The van der Waals surface area contributed by atoms with Crippen LogP contribution in [0.2, 0.25) is 0 Å². The van der Waals surface area contributed by atoms with Crippen molar-refractivity contribution in [2.75, 3.05) is 26.6 Å². The van der Waals surface area contributed by atoms with Crippen molar-refractivity contribution in [3.05, 3.63) is 29.1 Å². The number of carbonyl (C=O) groups excluding carboxylic acids is 1. The van der Waals surface area contributed by atoms with Gasteiger partial charge >= 0.3 is 5.97 Å². The molecule has 2 atom stereocenters. The third-order valence-corrected chi connectivity index (χ3v) is 5.68. The van der Waals surface area contributed by atoms with E-state index in [0.717, 1.165) is 23.9 Å². The number of hydrogen-bond acceptors (Lipinski definition) is 9. The predicted octanol–water partition coefficient (Wildman–Crippen LogP) is 1.34. The number of methoxy groups -OCH3 is 1. The largest absolute Gasteiger partial charge is 0.469 e. The third kappa shape index (κ3) is 5.41. The average Bonchev–Trinajstić information content (AvgIpc) is 3.06. The van der Waals surface area contributed by atoms with E-state index in [1.165, 1.54) is 11.8 Å². The van der Waals surface area contributed by atoms with Crippen molar-refractivity contribution in [2.45, 2.75) is 32.3 Å². The van der Waals surface area contributed by atoms with Gasteiger partial charge in [-0.15, -0.1) is 5.10 Å². The van der Waals surface area contributed by atoms with Crippen molar-refractivity contribution in [3.63, 3.8) is 0 Å². The first-order valence-corrected chi connectivity index (χ1v) is 11.3. The molecule has 0 spiro atoms. The summed E-state index contributed by atoms with van der Waals surface area (Å²) in [5, 5.41) is 8.09. The summed E-state index contributed by atoms with van der Waals surface area (Å²) in [4.78, 5) is 16.3. The zero-order chi connectivity index (χ0) is 21.9. The van der Waals surface area contributed by atoms with Crippen LogP contribution < -0.4 is 0 Å². The summed E-state index contributed by atoms with van der Waals surface area (Å²) in [5.41, 5.74) is 3.43. The highest BCUT2D eigenvalue weighted by molar-refractivity contribution is 7.85. The molecule has 11 heteroatoms. The van der Waals surface area contributed by atoms with E-state index in [2.05, 4.69) is 15.3 Å². The van der Waals surface area contributed by atoms with Crippen molar-refractivity contribution >= 4 is 16.1 Å². The van der Waals surface area contributed by atoms with Gasteiger partial charge in [-0.25, -0.2) is 4.68 Å². The van der Waals surface area contributed by atoms with Crippen LogP contribution >= 0.6 is 0 Å². The SMILES string of the molecule is COC(=O)CC1COCC(c2ccc(-c3nnn(C)c3COS(C)(=O)=O)nc2C)C1. The van der Waals surface area contributed by atoms with Crippen LogP contribution in [0.25, 0.3) is 11.4 Å². The van der Waals surface area contributed by atoms with E-state index in [-0.39, 0.29) is 24.4 Å². The fourth-order valence-electron chi connectivity index (χ4n) is 3.63. The Hall–Kier alpha value is -2.37. The number of nitrogens with zero attached hydrogens (tertiary/aromatic N) is 4. The molecule has 164 valence electrons. The van der Waals surface area contributed by atoms with Crippen LogP contribution in [0, 0.1) is 12.8 Å². The van der Waals surface area contributed by atoms with Gasteiger partial charge in [-0.3, -0.25) is 14.0 Å². The van der Waals surface area contributed by atoms with Crippen LogP contribution in [0.1, 0.15) is 35.7 Å². The maximum Gasteiger partial charge on any atom is 0.305 e. The summed E-state index contributed by atoms with van der Waals surface area (Å²) in [7, 11) is -0.544. The van der Waals surface area contributed by atoms with Crippen molar-refractivity contribution in [1.82, 2.24) is 20.0 Å². The lowest BCUT2D eigenvalue weighted by Crippen LogP contribution is -2.27. The zero-order valence-corrected chi connectivity index (χ0v) is 18.3. The Morgan fingerprint density at radius 3 is 2.77 bits per heavy atom. The maximum absolute atomic E-state index is 11.6. The number of hydrogen-bond donors (Lipinski definition) is 0. The first-order chi connectivity index (χ1) is 14.2. The quantitative estimate of drug-likeness (QED) is 0.465. The minimum absolute atomic E-state index is 0.106. The molecule has 0 bridgehead atoms. The molecular weight excluding hydrogens is 412 g/mol. The van der Waals surface area contributed by atoms with Gasteiger partial charge in [0.25, 0.3) is 10.1 Å². The van der Waals surface area contributed by atoms with Crippen LogP contribution in [0.5, 0.6) is 0 Å². The fourth-order valence-corrected chi connectivity index (χ4v) is 3.95. The number of pyridine rings is 1. The Bertz CT molecular complexity index is 1020. The van der Waals surface area contributed by atoms with Gasteiger partial charge in [-0.1, -0.05) is 11.3 Å². The topological polar surface area (TPSA) is 123 Å². The molecule has 0 saturated carbocycles. The monoisotopic (exact) mass is 438 g/mol. The number of aromatic nitrogens is 4. The normalized spacial score (nSPS) is 19.6. The fraction of sp³-hybridized carbons (Fsp3) is 0.579. The number of aryl methyl sites for hydroxylation is 2. The zero-order valence-electron chi connectivity index (χ0n) is 17.5. The number of rotatable bonds is 7. The number of esters is 1. The second-order valence-corrected chi connectivity index (χ2v) is 9.11. The summed E-state index contributed by atoms with van der Waals surface area (Å²) in [6.45, 7) is 2.84. The first kappa shape index (κ1) is 22.3. The lowest BCUT2D eigenvalue weighted by atomic mass is 9.85. The molecule has 3 heterocycles. The van der Waals surface area contributed by atoms with Crippen LogP contribution in [-0.2, 0) is 42.2 Å². The summed E-state index contributed by atoms with van der Waals surface area (Å²) in [6.07, 6.45) is 2.14. The van der Waals surface area contributed by atoms with E-state index in [1.807, 2.05) is 19.1 Å². The molecule has 1 aliphatic heterocycles. The Balaban J connectivity index is 1.80. The minimum Gasteiger partial charge on any atom is -0.469 e. The van der Waals surface area contributed by atoms with E-state index in [0.29, 0.717) is 36.7 Å². The highest BCUT2D eigenvalue weighted by atomic mass is 32.2. The van der Waals surface area contributed by atoms with Crippen molar-refractivity contribution in [3.8, 4) is 11.4 Å². The summed E-state index contributed by atoms with van der Waals surface area (Å²) >= 11 is 0. The van der Waals surface area contributed by atoms with Crippen molar-refractivity contribution in [1.29, 1.82) is 0 Å². The Morgan fingerprint density at radius 2 is 2.10 bits per heavy atom. The summed E-state index contributed by atoms with van der Waals surface area (Å²) in [5.74, 6) is 0.000742. The van der Waals surface area contributed by atoms with Gasteiger partial charge in [-0.2, -0.15) is 8.42 Å². The standard InChI is InChI=1S/C19H26N4O6S/c1-12-15(14-7-13(9-28-10-14)8-18(24)27-3)5-6-16(20-12)19-17(23(2)22-21-19)11-29-30(4,25)26/h5-6,13-14H,7-11H2,1-4H3. The molecule has 2 unspecified atom stereocenters. The minimum atomic E-state index is -3.60. The molecule has 2 aromatic heterocycles. The van der Waals surface area contributed by atoms with Gasteiger partial charge in [0.15, 0.2) is 0 Å². The van der Waals surface area contributed by atoms with E-state index in [9.17, 15) is 13.2 Å². The van der Waals surface area contributed by atoms with Gasteiger partial charge in [-0.05, 0) is 30.9 Å². The van der Waals surface area contributed by atoms with Crippen molar-refractivity contribution < 1.29 is 26.9 Å². The van der Waals surface area contributed by atoms with E-state index >= 15 is 0 Å². The number of carbonyl (C=O) groups is 1. The molecule has 2 aromatic rings. The van der Waals surface area contributed by atoms with Crippen LogP contribution in [0.4, 0.5) is 0 Å². The van der Waals surface area contributed by atoms with E-state index < -0.39 is 10.1 Å². The molecule has 3 rings (SSSR count). The average molecular weight is 439 g/mol. The van der Waals surface area contributed by atoms with Crippen LogP contribution in [-0.4, -0.2) is 60.9 Å². The van der Waals surface area contributed by atoms with E-state index in [1.54, 1.807) is 7.05 Å². The molecule has 1 fully saturated rings. The summed E-state index contributed by atoms with van der Waals surface area (Å²) in [6, 6.07) is 3.81. The number of ether oxygens (including phenoxy) is 2. The second-order valence-electron chi connectivity index (χ2n) is 7.46. The molecule has 0 aliphatic carbocycles. The van der Waals surface area contributed by atoms with Gasteiger partial charge < -0.3 is 9.47 Å². The Morgan fingerprint density at radius 1 is 1.33 bits per heavy atom. The molecular formula is C19H26N4O6S. The second kappa shape index (κ2) is 9.19. The van der Waals surface area contributed by atoms with Crippen LogP contribution in [0.3, 0.4) is 0 Å². The predicted molar refractivity (Wildman–Crippen MR) is 107 cm³/mol. The van der Waals surface area contributed by atoms with Crippen molar-refractivity contribution in [2.24, 2.45) is 13.0 Å². The molecule has 0 amide bonds. The van der Waals surface area contributed by atoms with Gasteiger partial charge in [0.1, 0.15) is 12.3 Å². The lowest BCUT2D eigenvalue weighted by molar-refractivity contribution is -0.143. The molecule has 30 heavy (non-hydrogen) atoms. The summed E-state index contributed by atoms with van der Waals surface area (Å²) < 4.78 is 39.5. The molecule has 0 aromatic carbocycles. The maximum atomic E-state index is 11.6. The molecule has 1 aliphatic rings. The van der Waals surface area contributed by atoms with Gasteiger partial charge in [0.05, 0.1) is 37.8 Å². The smallest absolute Gasteiger partial charge is 0.305 e. The first-order valence-electron chi connectivity index (χ1n) is 9.53. The van der Waals surface area contributed by atoms with E-state index in [4.69, 9.17) is 13.7 Å². The highest BCUT2D eigenvalue weighted by Crippen LogP contribution is 2.33. The van der Waals surface area contributed by atoms with Crippen LogP contribution in [0.15, 0.2) is 12.1 Å². The van der Waals surface area contributed by atoms with Gasteiger partial charge in [0.2, 0.25) is 0 Å². The Kier molecular flexibility index (Phi) is 6.84.